The zero-order chi connectivity index (χ0) is 22.0. The Balaban J connectivity index is 1.33. The summed E-state index contributed by atoms with van der Waals surface area (Å²) in [4.78, 5) is 14.3. The van der Waals surface area contributed by atoms with Gasteiger partial charge in [0, 0.05) is 37.6 Å². The number of amides is 1. The highest BCUT2D eigenvalue weighted by atomic mass is 35.5. The SMILES string of the molecule is O=C(CCc1ccc2c(c1)OCCO2)N1CCN(S(=O)(=O)c2cc(Cl)ccc2Cl)CC1. The molecule has 7 nitrogen and oxygen atoms in total. The van der Waals surface area contributed by atoms with Crippen LogP contribution in [0.4, 0.5) is 0 Å². The van der Waals surface area contributed by atoms with Crippen molar-refractivity contribution in [3.8, 4) is 11.5 Å². The van der Waals surface area contributed by atoms with E-state index in [4.69, 9.17) is 32.7 Å². The second-order valence-electron chi connectivity index (χ2n) is 7.34. The number of rotatable bonds is 5. The quantitative estimate of drug-likeness (QED) is 0.650. The Labute approximate surface area is 191 Å². The highest BCUT2D eigenvalue weighted by Gasteiger charge is 2.31. The number of fused-ring (bicyclic) bond motifs is 1. The number of carbonyl (C=O) groups excluding carboxylic acids is 1. The fraction of sp³-hybridized carbons (Fsp3) is 0.381. The van der Waals surface area contributed by atoms with E-state index in [-0.39, 0.29) is 28.9 Å². The number of hydrogen-bond acceptors (Lipinski definition) is 5. The highest BCUT2D eigenvalue weighted by Crippen LogP contribution is 2.31. The van der Waals surface area contributed by atoms with Crippen molar-refractivity contribution in [2.75, 3.05) is 39.4 Å². The molecule has 1 saturated heterocycles. The molecule has 4 rings (SSSR count). The van der Waals surface area contributed by atoms with E-state index in [0.717, 1.165) is 11.3 Å². The molecule has 0 spiro atoms. The molecule has 166 valence electrons. The van der Waals surface area contributed by atoms with Crippen LogP contribution < -0.4 is 9.47 Å². The lowest BCUT2D eigenvalue weighted by atomic mass is 10.1. The standard InChI is InChI=1S/C21H22Cl2N2O5S/c22-16-3-4-17(23)20(14-16)31(27,28)25-9-7-24(8-10-25)21(26)6-2-15-1-5-18-19(13-15)30-12-11-29-18/h1,3-5,13-14H,2,6-12H2. The Morgan fingerprint density at radius 1 is 0.935 bits per heavy atom. The van der Waals surface area contributed by atoms with E-state index in [9.17, 15) is 13.2 Å². The maximum absolute atomic E-state index is 12.9. The molecular formula is C21H22Cl2N2O5S. The van der Waals surface area contributed by atoms with Crippen LogP contribution in [-0.4, -0.2) is 62.9 Å². The zero-order valence-corrected chi connectivity index (χ0v) is 19.0. The van der Waals surface area contributed by atoms with Gasteiger partial charge in [-0.15, -0.1) is 0 Å². The molecule has 2 aliphatic heterocycles. The van der Waals surface area contributed by atoms with Crippen LogP contribution in [0.1, 0.15) is 12.0 Å². The molecule has 1 amide bonds. The van der Waals surface area contributed by atoms with Gasteiger partial charge < -0.3 is 14.4 Å². The number of carbonyl (C=O) groups is 1. The third-order valence-corrected chi connectivity index (χ3v) is 7.95. The largest absolute Gasteiger partial charge is 0.486 e. The highest BCUT2D eigenvalue weighted by molar-refractivity contribution is 7.89. The van der Waals surface area contributed by atoms with Gasteiger partial charge in [-0.2, -0.15) is 4.31 Å². The van der Waals surface area contributed by atoms with E-state index in [1.165, 1.54) is 16.4 Å². The van der Waals surface area contributed by atoms with Gasteiger partial charge in [0.15, 0.2) is 11.5 Å². The van der Waals surface area contributed by atoms with Crippen LogP contribution in [0.15, 0.2) is 41.3 Å². The molecule has 0 radical (unpaired) electrons. The van der Waals surface area contributed by atoms with Crippen molar-refractivity contribution in [3.63, 3.8) is 0 Å². The number of ether oxygens (including phenoxy) is 2. The van der Waals surface area contributed by atoms with E-state index in [2.05, 4.69) is 0 Å². The van der Waals surface area contributed by atoms with Gasteiger partial charge in [-0.1, -0.05) is 29.3 Å². The van der Waals surface area contributed by atoms with Gasteiger partial charge in [0.25, 0.3) is 0 Å². The molecule has 0 bridgehead atoms. The first-order valence-electron chi connectivity index (χ1n) is 9.96. The molecule has 0 aliphatic carbocycles. The molecular weight excluding hydrogens is 463 g/mol. The smallest absolute Gasteiger partial charge is 0.244 e. The van der Waals surface area contributed by atoms with Crippen molar-refractivity contribution in [2.24, 2.45) is 0 Å². The van der Waals surface area contributed by atoms with Crippen molar-refractivity contribution >= 4 is 39.1 Å². The molecule has 0 N–H and O–H groups in total. The van der Waals surface area contributed by atoms with Crippen molar-refractivity contribution in [1.29, 1.82) is 0 Å². The monoisotopic (exact) mass is 484 g/mol. The Morgan fingerprint density at radius 2 is 1.65 bits per heavy atom. The summed E-state index contributed by atoms with van der Waals surface area (Å²) in [7, 11) is -3.78. The number of nitrogens with zero attached hydrogens (tertiary/aromatic N) is 2. The fourth-order valence-electron chi connectivity index (χ4n) is 3.64. The maximum atomic E-state index is 12.9. The van der Waals surface area contributed by atoms with Crippen LogP contribution >= 0.6 is 23.2 Å². The molecule has 0 aromatic heterocycles. The Bertz CT molecular complexity index is 1090. The van der Waals surface area contributed by atoms with Crippen LogP contribution in [-0.2, 0) is 21.2 Å². The van der Waals surface area contributed by atoms with E-state index < -0.39 is 10.0 Å². The summed E-state index contributed by atoms with van der Waals surface area (Å²) in [5, 5.41) is 0.429. The number of aryl methyl sites for hydroxylation is 1. The molecule has 1 fully saturated rings. The second-order valence-corrected chi connectivity index (χ2v) is 10.1. The Morgan fingerprint density at radius 3 is 2.39 bits per heavy atom. The van der Waals surface area contributed by atoms with Crippen LogP contribution in [0, 0.1) is 0 Å². The summed E-state index contributed by atoms with van der Waals surface area (Å²) in [5.41, 5.74) is 0.995. The Hall–Kier alpha value is -2.00. The lowest BCUT2D eigenvalue weighted by molar-refractivity contribution is -0.132. The molecule has 2 aromatic rings. The molecule has 2 aromatic carbocycles. The van der Waals surface area contributed by atoms with Crippen molar-refractivity contribution < 1.29 is 22.7 Å². The predicted molar refractivity (Wildman–Crippen MR) is 118 cm³/mol. The predicted octanol–water partition coefficient (Wildman–Crippen LogP) is 3.23. The first kappa shape index (κ1) is 22.2. The number of benzene rings is 2. The summed E-state index contributed by atoms with van der Waals surface area (Å²) in [6, 6.07) is 10.1. The van der Waals surface area contributed by atoms with Crippen molar-refractivity contribution in [2.45, 2.75) is 17.7 Å². The van der Waals surface area contributed by atoms with Gasteiger partial charge in [-0.25, -0.2) is 8.42 Å². The van der Waals surface area contributed by atoms with Crippen LogP contribution in [0.25, 0.3) is 0 Å². The summed E-state index contributed by atoms with van der Waals surface area (Å²) < 4.78 is 38.3. The van der Waals surface area contributed by atoms with Crippen molar-refractivity contribution in [3.05, 3.63) is 52.0 Å². The first-order chi connectivity index (χ1) is 14.8. The number of hydrogen-bond donors (Lipinski definition) is 0. The third kappa shape index (κ3) is 4.92. The lowest BCUT2D eigenvalue weighted by Gasteiger charge is -2.34. The first-order valence-corrected chi connectivity index (χ1v) is 12.2. The van der Waals surface area contributed by atoms with Gasteiger partial charge in [0.2, 0.25) is 15.9 Å². The van der Waals surface area contributed by atoms with Gasteiger partial charge in [0.1, 0.15) is 18.1 Å². The van der Waals surface area contributed by atoms with E-state index in [1.54, 1.807) is 11.0 Å². The lowest BCUT2D eigenvalue weighted by Crippen LogP contribution is -2.50. The minimum Gasteiger partial charge on any atom is -0.486 e. The summed E-state index contributed by atoms with van der Waals surface area (Å²) >= 11 is 12.0. The minimum atomic E-state index is -3.78. The summed E-state index contributed by atoms with van der Waals surface area (Å²) in [6.07, 6.45) is 0.915. The summed E-state index contributed by atoms with van der Waals surface area (Å²) in [6.45, 7) is 2.13. The average molecular weight is 485 g/mol. The third-order valence-electron chi connectivity index (χ3n) is 5.34. The molecule has 2 aliphatic rings. The van der Waals surface area contributed by atoms with E-state index >= 15 is 0 Å². The molecule has 2 heterocycles. The number of sulfonamides is 1. The van der Waals surface area contributed by atoms with Gasteiger partial charge in [0.05, 0.1) is 5.02 Å². The normalized spacial score (nSPS) is 16.9. The zero-order valence-electron chi connectivity index (χ0n) is 16.7. The van der Waals surface area contributed by atoms with E-state index in [0.29, 0.717) is 49.9 Å². The van der Waals surface area contributed by atoms with Gasteiger partial charge in [-0.05, 0) is 42.3 Å². The molecule has 31 heavy (non-hydrogen) atoms. The van der Waals surface area contributed by atoms with Crippen LogP contribution in [0.2, 0.25) is 10.0 Å². The molecule has 0 atom stereocenters. The van der Waals surface area contributed by atoms with Gasteiger partial charge >= 0.3 is 0 Å². The van der Waals surface area contributed by atoms with Crippen LogP contribution in [0.3, 0.4) is 0 Å². The molecule has 0 saturated carbocycles. The van der Waals surface area contributed by atoms with Gasteiger partial charge in [-0.3, -0.25) is 4.79 Å². The topological polar surface area (TPSA) is 76.2 Å². The Kier molecular flexibility index (Phi) is 6.62. The molecule has 0 unspecified atom stereocenters. The van der Waals surface area contributed by atoms with E-state index in [1.807, 2.05) is 18.2 Å². The number of piperazine rings is 1. The number of halogens is 2. The minimum absolute atomic E-state index is 0.00674. The fourth-order valence-corrected chi connectivity index (χ4v) is 5.80. The summed E-state index contributed by atoms with van der Waals surface area (Å²) in [5.74, 6) is 1.42. The second kappa shape index (κ2) is 9.24. The maximum Gasteiger partial charge on any atom is 0.244 e. The van der Waals surface area contributed by atoms with Crippen LogP contribution in [0.5, 0.6) is 11.5 Å². The molecule has 10 heteroatoms. The van der Waals surface area contributed by atoms with Crippen molar-refractivity contribution in [1.82, 2.24) is 9.21 Å². The average Bonchev–Trinajstić information content (AvgIpc) is 2.79.